The monoisotopic (exact) mass is 279 g/mol. The minimum atomic E-state index is 0.965. The van der Waals surface area contributed by atoms with E-state index in [0.717, 1.165) is 12.1 Å². The minimum absolute atomic E-state index is 0.965. The lowest BCUT2D eigenvalue weighted by Gasteiger charge is -2.46. The molecule has 1 nitrogen and oxygen atoms in total. The molecule has 0 atom stereocenters. The van der Waals surface area contributed by atoms with Gasteiger partial charge in [0.25, 0.3) is 0 Å². The van der Waals surface area contributed by atoms with Crippen molar-refractivity contribution in [3.05, 3.63) is 0 Å². The number of nitrogens with zero attached hydrogens (tertiary/aromatic N) is 1. The van der Waals surface area contributed by atoms with Gasteiger partial charge in [0, 0.05) is 23.1 Å². The molecule has 0 aromatic heterocycles. The topological polar surface area (TPSA) is 3.24 Å². The van der Waals surface area contributed by atoms with Gasteiger partial charge < -0.3 is 0 Å². The fourth-order valence-electron chi connectivity index (χ4n) is 2.89. The number of halogens is 1. The molecule has 0 spiro atoms. The van der Waals surface area contributed by atoms with Gasteiger partial charge in [-0.2, -0.15) is 0 Å². The van der Waals surface area contributed by atoms with Gasteiger partial charge in [-0.05, 0) is 25.7 Å². The highest BCUT2D eigenvalue weighted by Gasteiger charge is 2.32. The molecule has 2 bridgehead atoms. The van der Waals surface area contributed by atoms with Gasteiger partial charge in [0.15, 0.2) is 0 Å². The second-order valence-corrected chi connectivity index (χ2v) is 5.18. The van der Waals surface area contributed by atoms with E-state index in [2.05, 4.69) is 27.5 Å². The van der Waals surface area contributed by atoms with Gasteiger partial charge in [0.1, 0.15) is 0 Å². The second kappa shape index (κ2) is 4.27. The Morgan fingerprint density at radius 1 is 1.00 bits per heavy atom. The Hall–Kier alpha value is 0.690. The van der Waals surface area contributed by atoms with Crippen LogP contribution >= 0.6 is 22.6 Å². The molecule has 0 aromatic carbocycles. The van der Waals surface area contributed by atoms with Crippen molar-refractivity contribution in [3.63, 3.8) is 0 Å². The lowest BCUT2D eigenvalue weighted by atomic mass is 9.85. The Balaban J connectivity index is 1.98. The van der Waals surface area contributed by atoms with Gasteiger partial charge in [-0.15, -0.1) is 0 Å². The number of hydrogen-bond acceptors (Lipinski definition) is 1. The lowest BCUT2D eigenvalue weighted by molar-refractivity contribution is 0.0476. The van der Waals surface area contributed by atoms with Gasteiger partial charge in [0.05, 0.1) is 0 Å². The number of fused-ring (bicyclic) bond motifs is 2. The molecule has 2 rings (SSSR count). The van der Waals surface area contributed by atoms with Crippen molar-refractivity contribution in [1.82, 2.24) is 4.90 Å². The van der Waals surface area contributed by atoms with Gasteiger partial charge >= 0.3 is 0 Å². The van der Waals surface area contributed by atoms with E-state index < -0.39 is 0 Å². The van der Waals surface area contributed by atoms with Crippen molar-refractivity contribution in [3.8, 4) is 0 Å². The Labute approximate surface area is 89.0 Å². The predicted molar refractivity (Wildman–Crippen MR) is 60.9 cm³/mol. The smallest absolute Gasteiger partial charge is 0.0124 e. The number of piperidine rings is 2. The number of hydrogen-bond donors (Lipinski definition) is 0. The summed E-state index contributed by atoms with van der Waals surface area (Å²) in [6.07, 6.45) is 8.90. The van der Waals surface area contributed by atoms with Crippen LogP contribution in [0.15, 0.2) is 0 Å². The Kier molecular flexibility index (Phi) is 3.29. The highest BCUT2D eigenvalue weighted by atomic mass is 127. The lowest BCUT2D eigenvalue weighted by Crippen LogP contribution is -2.50. The minimum Gasteiger partial charge on any atom is -0.297 e. The third-order valence-corrected chi connectivity index (χ3v) is 3.91. The predicted octanol–water partition coefficient (Wildman–Crippen LogP) is 2.83. The first-order valence-electron chi connectivity index (χ1n) is 5.23. The molecule has 12 heavy (non-hydrogen) atoms. The Morgan fingerprint density at radius 2 is 1.50 bits per heavy atom. The zero-order chi connectivity index (χ0) is 8.39. The molecule has 0 aliphatic carbocycles. The molecule has 0 saturated carbocycles. The SMILES string of the molecule is ICCN1C2CCCC1CCC2. The van der Waals surface area contributed by atoms with Crippen molar-refractivity contribution < 1.29 is 0 Å². The highest BCUT2D eigenvalue weighted by Crippen LogP contribution is 2.33. The van der Waals surface area contributed by atoms with Crippen molar-refractivity contribution >= 4 is 22.6 Å². The van der Waals surface area contributed by atoms with E-state index >= 15 is 0 Å². The van der Waals surface area contributed by atoms with Crippen molar-refractivity contribution in [1.29, 1.82) is 0 Å². The van der Waals surface area contributed by atoms with E-state index in [1.165, 1.54) is 49.5 Å². The maximum atomic E-state index is 2.79. The molecule has 2 aliphatic heterocycles. The molecule has 2 heterocycles. The molecule has 2 heteroatoms. The molecule has 0 aromatic rings. The fraction of sp³-hybridized carbons (Fsp3) is 1.00. The van der Waals surface area contributed by atoms with Crippen LogP contribution < -0.4 is 0 Å². The summed E-state index contributed by atoms with van der Waals surface area (Å²) in [6, 6.07) is 1.93. The first-order valence-corrected chi connectivity index (χ1v) is 6.76. The van der Waals surface area contributed by atoms with Gasteiger partial charge in [-0.1, -0.05) is 35.4 Å². The molecule has 2 aliphatic rings. The van der Waals surface area contributed by atoms with E-state index in [1.807, 2.05) is 0 Å². The largest absolute Gasteiger partial charge is 0.297 e. The van der Waals surface area contributed by atoms with Crippen molar-refractivity contribution in [2.45, 2.75) is 50.6 Å². The second-order valence-electron chi connectivity index (χ2n) is 4.10. The summed E-state index contributed by atoms with van der Waals surface area (Å²) >= 11 is 2.51. The first-order chi connectivity index (χ1) is 5.92. The van der Waals surface area contributed by atoms with Crippen LogP contribution in [0.3, 0.4) is 0 Å². The van der Waals surface area contributed by atoms with Gasteiger partial charge in [0.2, 0.25) is 0 Å². The van der Waals surface area contributed by atoms with Gasteiger partial charge in [-0.3, -0.25) is 4.90 Å². The number of rotatable bonds is 2. The Morgan fingerprint density at radius 3 is 1.92 bits per heavy atom. The third-order valence-electron chi connectivity index (χ3n) is 3.43. The fourth-order valence-corrected chi connectivity index (χ4v) is 3.45. The molecule has 70 valence electrons. The van der Waals surface area contributed by atoms with E-state index in [9.17, 15) is 0 Å². The van der Waals surface area contributed by atoms with E-state index in [4.69, 9.17) is 0 Å². The zero-order valence-electron chi connectivity index (χ0n) is 7.64. The summed E-state index contributed by atoms with van der Waals surface area (Å²) in [6.45, 7) is 1.34. The summed E-state index contributed by atoms with van der Waals surface area (Å²) in [5, 5.41) is 0. The highest BCUT2D eigenvalue weighted by molar-refractivity contribution is 14.1. The maximum absolute atomic E-state index is 2.79. The molecule has 2 fully saturated rings. The van der Waals surface area contributed by atoms with Crippen LogP contribution in [-0.4, -0.2) is 28.0 Å². The zero-order valence-corrected chi connectivity index (χ0v) is 9.79. The quantitative estimate of drug-likeness (QED) is 0.555. The van der Waals surface area contributed by atoms with Crippen LogP contribution in [-0.2, 0) is 0 Å². The van der Waals surface area contributed by atoms with Crippen LogP contribution in [0.4, 0.5) is 0 Å². The average Bonchev–Trinajstić information content (AvgIpc) is 2.04. The molecular weight excluding hydrogens is 261 g/mol. The standard InChI is InChI=1S/C10H18IN/c11-7-8-12-9-3-1-4-10(12)6-2-5-9/h9-10H,1-8H2. The molecule has 0 amide bonds. The van der Waals surface area contributed by atoms with Crippen LogP contribution in [0.25, 0.3) is 0 Å². The average molecular weight is 279 g/mol. The summed E-state index contributed by atoms with van der Waals surface area (Å²) < 4.78 is 1.31. The van der Waals surface area contributed by atoms with E-state index in [0.29, 0.717) is 0 Å². The maximum Gasteiger partial charge on any atom is 0.0124 e. The van der Waals surface area contributed by atoms with Crippen molar-refractivity contribution in [2.75, 3.05) is 11.0 Å². The number of alkyl halides is 1. The first kappa shape index (κ1) is 9.25. The molecule has 0 unspecified atom stereocenters. The van der Waals surface area contributed by atoms with Crippen molar-refractivity contribution in [2.24, 2.45) is 0 Å². The molecular formula is C10H18IN. The summed E-state index contributed by atoms with van der Waals surface area (Å²) in [7, 11) is 0. The Bertz CT molecular complexity index is 127. The normalized spacial score (nSPS) is 36.8. The van der Waals surface area contributed by atoms with E-state index in [1.54, 1.807) is 0 Å². The molecule has 0 radical (unpaired) electrons. The van der Waals surface area contributed by atoms with Crippen LogP contribution in [0.5, 0.6) is 0 Å². The van der Waals surface area contributed by atoms with Crippen LogP contribution in [0.1, 0.15) is 38.5 Å². The van der Waals surface area contributed by atoms with E-state index in [-0.39, 0.29) is 0 Å². The van der Waals surface area contributed by atoms with Gasteiger partial charge in [-0.25, -0.2) is 0 Å². The van der Waals surface area contributed by atoms with Crippen LogP contribution in [0, 0.1) is 0 Å². The molecule has 0 N–H and O–H groups in total. The van der Waals surface area contributed by atoms with Crippen LogP contribution in [0.2, 0.25) is 0 Å². The molecule has 2 saturated heterocycles. The summed E-state index contributed by atoms with van der Waals surface area (Å²) in [5.74, 6) is 0. The third kappa shape index (κ3) is 1.79. The summed E-state index contributed by atoms with van der Waals surface area (Å²) in [5.41, 5.74) is 0. The summed E-state index contributed by atoms with van der Waals surface area (Å²) in [4.78, 5) is 2.79.